The molecule has 0 spiro atoms. The first-order chi connectivity index (χ1) is 21.5. The molecule has 1 saturated heterocycles. The van der Waals surface area contributed by atoms with E-state index in [1.807, 2.05) is 44.2 Å². The molecule has 0 aromatic heterocycles. The van der Waals surface area contributed by atoms with Crippen molar-refractivity contribution in [2.24, 2.45) is 11.3 Å². The highest BCUT2D eigenvalue weighted by atomic mass is 35.5. The molecule has 8 nitrogen and oxygen atoms in total. The Hall–Kier alpha value is -3.40. The van der Waals surface area contributed by atoms with Gasteiger partial charge >= 0.3 is 5.97 Å². The molecule has 4 atom stereocenters. The second-order valence-electron chi connectivity index (χ2n) is 12.9. The molecular formula is C35H40Cl2N2O6S. The van der Waals surface area contributed by atoms with Crippen molar-refractivity contribution in [2.75, 3.05) is 11.1 Å². The number of rotatable bonds is 11. The average molecular weight is 688 g/mol. The van der Waals surface area contributed by atoms with Crippen molar-refractivity contribution in [3.63, 3.8) is 0 Å². The number of benzene rings is 3. The summed E-state index contributed by atoms with van der Waals surface area (Å²) in [6.07, 6.45) is 0.0955. The fourth-order valence-corrected chi connectivity index (χ4v) is 7.92. The maximum Gasteiger partial charge on any atom is 0.335 e. The maximum absolute atomic E-state index is 14.9. The van der Waals surface area contributed by atoms with Gasteiger partial charge in [-0.1, -0.05) is 68.2 Å². The lowest BCUT2D eigenvalue weighted by Gasteiger charge is -2.53. The Kier molecular flexibility index (Phi) is 10.9. The Labute approximate surface area is 281 Å². The molecule has 3 aromatic rings. The molecule has 2 N–H and O–H groups in total. The number of carbonyl (C=O) groups is 3. The zero-order valence-electron chi connectivity index (χ0n) is 26.5. The minimum atomic E-state index is -3.58. The molecule has 46 heavy (non-hydrogen) atoms. The van der Waals surface area contributed by atoms with Crippen molar-refractivity contribution >= 4 is 56.5 Å². The summed E-state index contributed by atoms with van der Waals surface area (Å²) in [5.74, 6) is -2.66. The van der Waals surface area contributed by atoms with Gasteiger partial charge in [0.2, 0.25) is 11.8 Å². The number of aromatic carboxylic acids is 1. The summed E-state index contributed by atoms with van der Waals surface area (Å²) < 4.78 is 26.8. The van der Waals surface area contributed by atoms with Crippen molar-refractivity contribution in [2.45, 2.75) is 70.7 Å². The van der Waals surface area contributed by atoms with E-state index in [9.17, 15) is 27.9 Å². The number of hydrogen-bond donors (Lipinski definition) is 2. The van der Waals surface area contributed by atoms with Gasteiger partial charge in [-0.15, -0.1) is 0 Å². The van der Waals surface area contributed by atoms with Crippen molar-refractivity contribution in [3.8, 4) is 0 Å². The Bertz CT molecular complexity index is 1690. The highest BCUT2D eigenvalue weighted by Gasteiger charge is 2.53. The number of sulfone groups is 1. The third-order valence-electron chi connectivity index (χ3n) is 8.80. The van der Waals surface area contributed by atoms with Crippen molar-refractivity contribution in [3.05, 3.63) is 99.5 Å². The van der Waals surface area contributed by atoms with E-state index in [2.05, 4.69) is 5.32 Å². The van der Waals surface area contributed by atoms with Gasteiger partial charge in [-0.3, -0.25) is 9.59 Å². The van der Waals surface area contributed by atoms with Gasteiger partial charge in [0, 0.05) is 34.1 Å². The number of amides is 2. The molecule has 1 fully saturated rings. The molecule has 11 heteroatoms. The molecular weight excluding hydrogens is 647 g/mol. The highest BCUT2D eigenvalue weighted by Crippen LogP contribution is 2.52. The lowest BCUT2D eigenvalue weighted by atomic mass is 9.66. The number of nitrogens with one attached hydrogen (secondary N) is 1. The predicted octanol–water partition coefficient (Wildman–Crippen LogP) is 7.63. The van der Waals surface area contributed by atoms with E-state index in [1.165, 1.54) is 24.3 Å². The van der Waals surface area contributed by atoms with Gasteiger partial charge < -0.3 is 15.3 Å². The van der Waals surface area contributed by atoms with Crippen LogP contribution in [0, 0.1) is 11.3 Å². The van der Waals surface area contributed by atoms with Gasteiger partial charge in [0.1, 0.15) is 0 Å². The van der Waals surface area contributed by atoms with E-state index in [-0.39, 0.29) is 41.9 Å². The molecule has 246 valence electrons. The van der Waals surface area contributed by atoms with Crippen LogP contribution in [0.5, 0.6) is 0 Å². The van der Waals surface area contributed by atoms with Crippen molar-refractivity contribution < 1.29 is 27.9 Å². The predicted molar refractivity (Wildman–Crippen MR) is 182 cm³/mol. The Morgan fingerprint density at radius 1 is 0.957 bits per heavy atom. The van der Waals surface area contributed by atoms with Crippen LogP contribution in [0.3, 0.4) is 0 Å². The van der Waals surface area contributed by atoms with Crippen LogP contribution in [-0.4, -0.2) is 53.3 Å². The van der Waals surface area contributed by atoms with Crippen LogP contribution in [0.2, 0.25) is 10.0 Å². The number of carboxylic acids is 1. The second kappa shape index (κ2) is 14.2. The molecule has 3 aromatic carbocycles. The molecule has 1 heterocycles. The lowest BCUT2D eigenvalue weighted by molar-refractivity contribution is -0.157. The van der Waals surface area contributed by atoms with Crippen LogP contribution in [0.4, 0.5) is 5.69 Å². The van der Waals surface area contributed by atoms with Crippen LogP contribution in [-0.2, 0) is 19.4 Å². The summed E-state index contributed by atoms with van der Waals surface area (Å²) >= 11 is 12.7. The quantitative estimate of drug-likeness (QED) is 0.214. The summed E-state index contributed by atoms with van der Waals surface area (Å²) in [4.78, 5) is 41.4. The molecule has 0 bridgehead atoms. The lowest BCUT2D eigenvalue weighted by Crippen LogP contribution is -2.59. The van der Waals surface area contributed by atoms with Crippen LogP contribution < -0.4 is 5.32 Å². The number of nitrogens with zero attached hydrogens (tertiary/aromatic N) is 1. The minimum absolute atomic E-state index is 0.0803. The minimum Gasteiger partial charge on any atom is -0.478 e. The van der Waals surface area contributed by atoms with Crippen molar-refractivity contribution in [1.29, 1.82) is 0 Å². The number of carboxylic acid groups (broad SMARTS) is 1. The summed E-state index contributed by atoms with van der Waals surface area (Å²) in [6, 6.07) is 19.1. The highest BCUT2D eigenvalue weighted by molar-refractivity contribution is 7.92. The topological polar surface area (TPSA) is 121 Å². The molecule has 1 aliphatic heterocycles. The third kappa shape index (κ3) is 7.93. The van der Waals surface area contributed by atoms with Gasteiger partial charge in [0.15, 0.2) is 9.84 Å². The zero-order chi connectivity index (χ0) is 34.0. The van der Waals surface area contributed by atoms with Crippen LogP contribution in [0.25, 0.3) is 0 Å². The summed E-state index contributed by atoms with van der Waals surface area (Å²) in [7, 11) is -3.58. The van der Waals surface area contributed by atoms with E-state index >= 15 is 0 Å². The van der Waals surface area contributed by atoms with E-state index in [4.69, 9.17) is 23.2 Å². The number of piperidine rings is 1. The maximum atomic E-state index is 14.9. The largest absolute Gasteiger partial charge is 0.478 e. The fraction of sp³-hybridized carbons (Fsp3) is 0.400. The summed E-state index contributed by atoms with van der Waals surface area (Å²) in [6.45, 7) is 8.82. The number of likely N-dealkylation sites (tertiary alicyclic amines) is 1. The summed E-state index contributed by atoms with van der Waals surface area (Å²) in [5, 5.41) is 12.4. The molecule has 4 rings (SSSR count). The van der Waals surface area contributed by atoms with E-state index in [0.717, 1.165) is 11.1 Å². The average Bonchev–Trinajstić information content (AvgIpc) is 2.98. The Morgan fingerprint density at radius 2 is 1.59 bits per heavy atom. The first-order valence-corrected chi connectivity index (χ1v) is 17.7. The van der Waals surface area contributed by atoms with Crippen LogP contribution in [0.15, 0.2) is 72.8 Å². The fourth-order valence-electron chi connectivity index (χ4n) is 6.19. The zero-order valence-corrected chi connectivity index (χ0v) is 28.9. The number of anilines is 1. The second-order valence-corrected chi connectivity index (χ2v) is 16.4. The van der Waals surface area contributed by atoms with Crippen LogP contribution >= 0.6 is 23.2 Å². The molecule has 2 amide bonds. The van der Waals surface area contributed by atoms with Gasteiger partial charge in [-0.25, -0.2) is 13.2 Å². The third-order valence-corrected chi connectivity index (χ3v) is 11.5. The van der Waals surface area contributed by atoms with E-state index < -0.39 is 44.5 Å². The standard InChI is InChI=1S/C35H40Cl2N2O6S/c1-21(2)30(20-46(44,45)22(3)4)39-32(23-9-13-26(36)14-10-23)29(25-7-6-8-27(37)17-25)18-35(5,34(39)43)19-31(40)38-28-15-11-24(12-16-28)33(41)42/h6-17,21-22,29-30,32H,18-20H2,1-5H3,(H,38,40)(H,41,42)/t29-,30?,32-,35-/m1/s1. The number of hydrogen-bond acceptors (Lipinski definition) is 5. The van der Waals surface area contributed by atoms with Crippen LogP contribution in [0.1, 0.15) is 80.9 Å². The molecule has 0 aliphatic carbocycles. The number of carbonyl (C=O) groups excluding carboxylic acids is 2. The smallest absolute Gasteiger partial charge is 0.335 e. The first kappa shape index (κ1) is 35.5. The molecule has 1 unspecified atom stereocenters. The summed E-state index contributed by atoms with van der Waals surface area (Å²) in [5.41, 5.74) is 0.898. The molecule has 1 aliphatic rings. The van der Waals surface area contributed by atoms with Gasteiger partial charge in [-0.05, 0) is 85.8 Å². The number of halogens is 2. The Morgan fingerprint density at radius 3 is 2.13 bits per heavy atom. The molecule has 0 saturated carbocycles. The monoisotopic (exact) mass is 686 g/mol. The first-order valence-electron chi connectivity index (χ1n) is 15.2. The SMILES string of the molecule is CC(C)C(CS(=O)(=O)C(C)C)N1C(=O)[C@@](C)(CC(=O)Nc2ccc(C(=O)O)cc2)C[C@H](c2cccc(Cl)c2)[C@H]1c1ccc(Cl)cc1. The van der Waals surface area contributed by atoms with Gasteiger partial charge in [-0.2, -0.15) is 0 Å². The normalized spacial score (nSPS) is 21.0. The van der Waals surface area contributed by atoms with E-state index in [0.29, 0.717) is 15.7 Å². The molecule has 0 radical (unpaired) electrons. The van der Waals surface area contributed by atoms with Gasteiger partial charge in [0.25, 0.3) is 0 Å². The van der Waals surface area contributed by atoms with Crippen molar-refractivity contribution in [1.82, 2.24) is 4.90 Å². The van der Waals surface area contributed by atoms with E-state index in [1.54, 1.807) is 43.9 Å². The Balaban J connectivity index is 1.85. The van der Waals surface area contributed by atoms with Gasteiger partial charge in [0.05, 0.1) is 28.0 Å².